The molecule has 8 heteroatoms. The predicted molar refractivity (Wildman–Crippen MR) is 97.4 cm³/mol. The van der Waals surface area contributed by atoms with Crippen molar-refractivity contribution >= 4 is 21.6 Å². The van der Waals surface area contributed by atoms with E-state index in [2.05, 4.69) is 14.8 Å². The number of aromatic nitrogens is 3. The molecule has 0 aliphatic rings. The Hall–Kier alpha value is -2.22. The number of aryl methyl sites for hydroxylation is 1. The fourth-order valence-corrected chi connectivity index (χ4v) is 3.86. The van der Waals surface area contributed by atoms with Gasteiger partial charge in [-0.05, 0) is 23.3 Å². The lowest BCUT2D eigenvalue weighted by molar-refractivity contribution is 0.580. The molecule has 130 valence electrons. The zero-order chi connectivity index (χ0) is 17.9. The first-order chi connectivity index (χ1) is 11.9. The Balaban J connectivity index is 1.76. The summed E-state index contributed by atoms with van der Waals surface area (Å²) in [6.07, 6.45) is 5.21. The molecule has 0 aliphatic heterocycles. The third-order valence-electron chi connectivity index (χ3n) is 3.66. The topological polar surface area (TPSA) is 76.9 Å². The largest absolute Gasteiger partial charge is 0.275 e. The van der Waals surface area contributed by atoms with E-state index in [0.717, 1.165) is 11.1 Å². The molecule has 6 nitrogen and oxygen atoms in total. The highest BCUT2D eigenvalue weighted by atomic mass is 35.5. The zero-order valence-corrected chi connectivity index (χ0v) is 15.1. The van der Waals surface area contributed by atoms with Crippen LogP contribution in [0.4, 0.5) is 0 Å². The van der Waals surface area contributed by atoms with Crippen LogP contribution in [0, 0.1) is 0 Å². The van der Waals surface area contributed by atoms with Crippen LogP contribution in [0.1, 0.15) is 11.1 Å². The first-order valence-corrected chi connectivity index (χ1v) is 9.61. The van der Waals surface area contributed by atoms with Gasteiger partial charge in [-0.2, -0.15) is 5.10 Å². The minimum Gasteiger partial charge on any atom is -0.275 e. The minimum atomic E-state index is -3.53. The summed E-state index contributed by atoms with van der Waals surface area (Å²) in [6, 6.07) is 10.5. The summed E-state index contributed by atoms with van der Waals surface area (Å²) in [5, 5.41) is 4.57. The highest BCUT2D eigenvalue weighted by molar-refractivity contribution is 7.88. The van der Waals surface area contributed by atoms with Gasteiger partial charge in [-0.15, -0.1) is 0 Å². The Kier molecular flexibility index (Phi) is 5.17. The van der Waals surface area contributed by atoms with Crippen molar-refractivity contribution in [1.82, 2.24) is 19.5 Å². The average Bonchev–Trinajstić information content (AvgIpc) is 3.02. The maximum absolute atomic E-state index is 12.4. The molecule has 2 aromatic heterocycles. The summed E-state index contributed by atoms with van der Waals surface area (Å²) in [7, 11) is -1.71. The van der Waals surface area contributed by atoms with E-state index < -0.39 is 10.0 Å². The summed E-state index contributed by atoms with van der Waals surface area (Å²) in [5.41, 5.74) is 2.88. The molecular formula is C17H17ClN4O2S. The second kappa shape index (κ2) is 7.35. The van der Waals surface area contributed by atoms with Crippen molar-refractivity contribution in [2.75, 3.05) is 0 Å². The molecule has 2 heterocycles. The van der Waals surface area contributed by atoms with E-state index in [0.29, 0.717) is 16.3 Å². The number of hydrogen-bond acceptors (Lipinski definition) is 4. The number of nitrogens with zero attached hydrogens (tertiary/aromatic N) is 3. The van der Waals surface area contributed by atoms with Crippen LogP contribution in [0.3, 0.4) is 0 Å². The van der Waals surface area contributed by atoms with E-state index in [1.807, 2.05) is 19.3 Å². The molecule has 0 aliphatic carbocycles. The Labute approximate surface area is 151 Å². The summed E-state index contributed by atoms with van der Waals surface area (Å²) in [4.78, 5) is 4.35. The van der Waals surface area contributed by atoms with Crippen LogP contribution in [0.25, 0.3) is 11.3 Å². The molecule has 25 heavy (non-hydrogen) atoms. The molecule has 0 saturated heterocycles. The molecule has 3 rings (SSSR count). The first-order valence-electron chi connectivity index (χ1n) is 7.58. The Morgan fingerprint density at radius 1 is 1.16 bits per heavy atom. The van der Waals surface area contributed by atoms with Crippen molar-refractivity contribution in [3.63, 3.8) is 0 Å². The van der Waals surface area contributed by atoms with Crippen molar-refractivity contribution in [3.05, 3.63) is 71.1 Å². The quantitative estimate of drug-likeness (QED) is 0.717. The molecule has 0 amide bonds. The maximum Gasteiger partial charge on any atom is 0.216 e. The van der Waals surface area contributed by atoms with E-state index in [1.54, 1.807) is 47.4 Å². The van der Waals surface area contributed by atoms with Gasteiger partial charge < -0.3 is 0 Å². The first kappa shape index (κ1) is 17.6. The van der Waals surface area contributed by atoms with E-state index in [4.69, 9.17) is 11.6 Å². The van der Waals surface area contributed by atoms with E-state index in [-0.39, 0.29) is 12.3 Å². The Morgan fingerprint density at radius 3 is 2.64 bits per heavy atom. The van der Waals surface area contributed by atoms with E-state index in [9.17, 15) is 8.42 Å². The van der Waals surface area contributed by atoms with Crippen LogP contribution >= 0.6 is 11.6 Å². The summed E-state index contributed by atoms with van der Waals surface area (Å²) >= 11 is 6.04. The van der Waals surface area contributed by atoms with E-state index in [1.165, 1.54) is 0 Å². The predicted octanol–water partition coefficient (Wildman–Crippen LogP) is 2.76. The van der Waals surface area contributed by atoms with Gasteiger partial charge in [0.1, 0.15) is 0 Å². The van der Waals surface area contributed by atoms with Gasteiger partial charge in [-0.25, -0.2) is 13.1 Å². The van der Waals surface area contributed by atoms with Crippen molar-refractivity contribution in [1.29, 1.82) is 0 Å². The minimum absolute atomic E-state index is 0.144. The van der Waals surface area contributed by atoms with Crippen LogP contribution < -0.4 is 4.72 Å². The monoisotopic (exact) mass is 376 g/mol. The molecule has 3 aromatic rings. The number of rotatable bonds is 6. The second-order valence-electron chi connectivity index (χ2n) is 5.59. The molecule has 1 N–H and O–H groups in total. The van der Waals surface area contributed by atoms with Crippen LogP contribution in [0.5, 0.6) is 0 Å². The van der Waals surface area contributed by atoms with Gasteiger partial charge in [-0.1, -0.05) is 35.9 Å². The maximum atomic E-state index is 12.4. The van der Waals surface area contributed by atoms with Crippen LogP contribution in [-0.4, -0.2) is 23.2 Å². The lowest BCUT2D eigenvalue weighted by atomic mass is 10.1. The van der Waals surface area contributed by atoms with Gasteiger partial charge in [0.25, 0.3) is 0 Å². The van der Waals surface area contributed by atoms with Crippen molar-refractivity contribution in [3.8, 4) is 11.3 Å². The summed E-state index contributed by atoms with van der Waals surface area (Å²) < 4.78 is 29.0. The van der Waals surface area contributed by atoms with Crippen molar-refractivity contribution < 1.29 is 8.42 Å². The van der Waals surface area contributed by atoms with E-state index >= 15 is 0 Å². The normalized spacial score (nSPS) is 11.6. The van der Waals surface area contributed by atoms with Gasteiger partial charge >= 0.3 is 0 Å². The highest BCUT2D eigenvalue weighted by Gasteiger charge is 2.15. The number of halogens is 1. The molecule has 0 radical (unpaired) electrons. The number of pyridine rings is 1. The number of sulfonamides is 1. The van der Waals surface area contributed by atoms with Gasteiger partial charge in [0.15, 0.2) is 0 Å². The number of benzene rings is 1. The third kappa shape index (κ3) is 4.45. The van der Waals surface area contributed by atoms with Gasteiger partial charge in [0.2, 0.25) is 10.0 Å². The van der Waals surface area contributed by atoms with Crippen molar-refractivity contribution in [2.24, 2.45) is 7.05 Å². The number of nitrogens with one attached hydrogen (secondary N) is 1. The summed E-state index contributed by atoms with van der Waals surface area (Å²) in [6.45, 7) is 0.144. The van der Waals surface area contributed by atoms with Gasteiger partial charge in [0, 0.05) is 36.6 Å². The third-order valence-corrected chi connectivity index (χ3v) is 5.30. The Bertz CT molecular complexity index is 986. The fourth-order valence-electron chi connectivity index (χ4n) is 2.44. The van der Waals surface area contributed by atoms with Crippen LogP contribution in [0.15, 0.2) is 55.0 Å². The fraction of sp³-hybridized carbons (Fsp3) is 0.176. The molecule has 0 fully saturated rings. The molecule has 1 aromatic carbocycles. The average molecular weight is 377 g/mol. The standard InChI is InChI=1S/C17H17ClN4O2S/c1-22-11-15(9-20-22)17-13(6-4-8-19-17)10-21-25(23,24)12-14-5-2-3-7-16(14)18/h2-9,11,21H,10,12H2,1H3. The van der Waals surface area contributed by atoms with Crippen LogP contribution in [0.2, 0.25) is 5.02 Å². The summed E-state index contributed by atoms with van der Waals surface area (Å²) in [5.74, 6) is -0.171. The number of hydrogen-bond donors (Lipinski definition) is 1. The molecule has 0 unspecified atom stereocenters. The van der Waals surface area contributed by atoms with Crippen molar-refractivity contribution in [2.45, 2.75) is 12.3 Å². The van der Waals surface area contributed by atoms with Gasteiger partial charge in [-0.3, -0.25) is 9.67 Å². The molecule has 0 spiro atoms. The molecule has 0 saturated carbocycles. The highest BCUT2D eigenvalue weighted by Crippen LogP contribution is 2.21. The lowest BCUT2D eigenvalue weighted by Gasteiger charge is -2.10. The second-order valence-corrected chi connectivity index (χ2v) is 7.80. The SMILES string of the molecule is Cn1cc(-c2ncccc2CNS(=O)(=O)Cc2ccccc2Cl)cn1. The molecule has 0 bridgehead atoms. The molecule has 0 atom stereocenters. The van der Waals surface area contributed by atoms with Crippen LogP contribution in [-0.2, 0) is 29.4 Å². The zero-order valence-electron chi connectivity index (χ0n) is 13.6. The molecular weight excluding hydrogens is 360 g/mol. The smallest absolute Gasteiger partial charge is 0.216 e. The Morgan fingerprint density at radius 2 is 1.92 bits per heavy atom. The van der Waals surface area contributed by atoms with Gasteiger partial charge in [0.05, 0.1) is 17.6 Å². The lowest BCUT2D eigenvalue weighted by Crippen LogP contribution is -2.25.